The fourth-order valence-corrected chi connectivity index (χ4v) is 3.95. The lowest BCUT2D eigenvalue weighted by Crippen LogP contribution is -2.41. The van der Waals surface area contributed by atoms with Gasteiger partial charge in [0.1, 0.15) is 5.75 Å². The van der Waals surface area contributed by atoms with Crippen LogP contribution >= 0.6 is 0 Å². The van der Waals surface area contributed by atoms with Gasteiger partial charge in [-0.1, -0.05) is 25.1 Å². The van der Waals surface area contributed by atoms with E-state index >= 15 is 0 Å². The summed E-state index contributed by atoms with van der Waals surface area (Å²) in [5.41, 5.74) is 1.82. The van der Waals surface area contributed by atoms with Crippen molar-refractivity contribution in [2.24, 2.45) is 5.41 Å². The average Bonchev–Trinajstić information content (AvgIpc) is 3.10. The van der Waals surface area contributed by atoms with Crippen molar-refractivity contribution in [3.63, 3.8) is 0 Å². The number of benzene rings is 1. The predicted molar refractivity (Wildman–Crippen MR) is 86.9 cm³/mol. The minimum atomic E-state index is 0.462. The van der Waals surface area contributed by atoms with Gasteiger partial charge in [0, 0.05) is 19.1 Å². The Balaban J connectivity index is 1.66. The first-order valence-electron chi connectivity index (χ1n) is 8.27. The molecular formula is C18H28N2O. The normalized spacial score (nSPS) is 29.9. The van der Waals surface area contributed by atoms with Gasteiger partial charge in [-0.15, -0.1) is 0 Å². The van der Waals surface area contributed by atoms with Gasteiger partial charge in [0.2, 0.25) is 0 Å². The van der Waals surface area contributed by atoms with Crippen molar-refractivity contribution in [1.82, 2.24) is 10.2 Å². The molecule has 0 aromatic heterocycles. The maximum Gasteiger partial charge on any atom is 0.122 e. The largest absolute Gasteiger partial charge is 0.496 e. The van der Waals surface area contributed by atoms with Gasteiger partial charge in [-0.25, -0.2) is 0 Å². The quantitative estimate of drug-likeness (QED) is 0.901. The lowest BCUT2D eigenvalue weighted by atomic mass is 9.88. The zero-order chi connectivity index (χ0) is 14.7. The number of nitrogens with one attached hydrogen (secondary N) is 1. The second kappa shape index (κ2) is 6.37. The molecule has 0 aliphatic carbocycles. The summed E-state index contributed by atoms with van der Waals surface area (Å²) in [6.07, 6.45) is 5.09. The molecule has 2 saturated heterocycles. The van der Waals surface area contributed by atoms with E-state index in [0.29, 0.717) is 11.5 Å². The first-order chi connectivity index (χ1) is 10.2. The smallest absolute Gasteiger partial charge is 0.122 e. The Labute approximate surface area is 128 Å². The molecule has 3 heteroatoms. The van der Waals surface area contributed by atoms with Gasteiger partial charge in [0.25, 0.3) is 0 Å². The van der Waals surface area contributed by atoms with E-state index in [2.05, 4.69) is 41.4 Å². The summed E-state index contributed by atoms with van der Waals surface area (Å²) in [7, 11) is 1.77. The van der Waals surface area contributed by atoms with E-state index in [1.54, 1.807) is 7.11 Å². The van der Waals surface area contributed by atoms with Crippen molar-refractivity contribution in [1.29, 1.82) is 0 Å². The molecule has 3 rings (SSSR count). The summed E-state index contributed by atoms with van der Waals surface area (Å²) in [6, 6.07) is 9.16. The van der Waals surface area contributed by atoms with Gasteiger partial charge < -0.3 is 10.1 Å². The predicted octanol–water partition coefficient (Wildman–Crippen LogP) is 2.70. The van der Waals surface area contributed by atoms with E-state index in [4.69, 9.17) is 4.74 Å². The zero-order valence-electron chi connectivity index (χ0n) is 13.4. The number of methoxy groups -OCH3 is 1. The van der Waals surface area contributed by atoms with Gasteiger partial charge in [0.15, 0.2) is 0 Å². The SMILES string of the molecule is COc1ccccc1CC1CCCN1CC1(C)CCNC1. The highest BCUT2D eigenvalue weighted by Gasteiger charge is 2.35. The summed E-state index contributed by atoms with van der Waals surface area (Å²) < 4.78 is 5.52. The highest BCUT2D eigenvalue weighted by molar-refractivity contribution is 5.34. The van der Waals surface area contributed by atoms with Crippen LogP contribution in [0.5, 0.6) is 5.75 Å². The molecule has 2 fully saturated rings. The Morgan fingerprint density at radius 3 is 3.00 bits per heavy atom. The van der Waals surface area contributed by atoms with Crippen LogP contribution in [0.4, 0.5) is 0 Å². The van der Waals surface area contributed by atoms with Crippen molar-refractivity contribution < 1.29 is 4.74 Å². The number of hydrogen-bond donors (Lipinski definition) is 1. The molecule has 3 nitrogen and oxygen atoms in total. The number of rotatable bonds is 5. The molecule has 116 valence electrons. The van der Waals surface area contributed by atoms with Crippen LogP contribution in [-0.2, 0) is 6.42 Å². The van der Waals surface area contributed by atoms with Crippen molar-refractivity contribution in [3.8, 4) is 5.75 Å². The third kappa shape index (κ3) is 3.41. The fraction of sp³-hybridized carbons (Fsp3) is 0.667. The Morgan fingerprint density at radius 2 is 2.24 bits per heavy atom. The third-order valence-corrected chi connectivity index (χ3v) is 5.19. The molecule has 2 aliphatic rings. The second-order valence-electron chi connectivity index (χ2n) is 7.02. The van der Waals surface area contributed by atoms with Crippen LogP contribution in [0, 0.1) is 5.41 Å². The molecule has 0 spiro atoms. The van der Waals surface area contributed by atoms with Crippen LogP contribution in [-0.4, -0.2) is 44.2 Å². The van der Waals surface area contributed by atoms with E-state index < -0.39 is 0 Å². The molecule has 0 bridgehead atoms. The number of ether oxygens (including phenoxy) is 1. The number of nitrogens with zero attached hydrogens (tertiary/aromatic N) is 1. The van der Waals surface area contributed by atoms with Gasteiger partial charge in [-0.05, 0) is 55.8 Å². The molecule has 21 heavy (non-hydrogen) atoms. The molecule has 2 unspecified atom stereocenters. The third-order valence-electron chi connectivity index (χ3n) is 5.19. The maximum absolute atomic E-state index is 5.52. The van der Waals surface area contributed by atoms with Crippen LogP contribution in [0.15, 0.2) is 24.3 Å². The molecule has 2 atom stereocenters. The van der Waals surface area contributed by atoms with Crippen LogP contribution in [0.1, 0.15) is 31.7 Å². The van der Waals surface area contributed by atoms with E-state index in [1.165, 1.54) is 51.0 Å². The van der Waals surface area contributed by atoms with Crippen LogP contribution in [0.2, 0.25) is 0 Å². The van der Waals surface area contributed by atoms with E-state index in [-0.39, 0.29) is 0 Å². The lowest BCUT2D eigenvalue weighted by molar-refractivity contribution is 0.163. The van der Waals surface area contributed by atoms with E-state index in [0.717, 1.165) is 12.2 Å². The summed E-state index contributed by atoms with van der Waals surface area (Å²) in [5.74, 6) is 1.04. The average molecular weight is 288 g/mol. The molecule has 1 aromatic rings. The van der Waals surface area contributed by atoms with Crippen molar-refractivity contribution in [3.05, 3.63) is 29.8 Å². The molecule has 0 amide bonds. The van der Waals surface area contributed by atoms with Crippen LogP contribution < -0.4 is 10.1 Å². The molecule has 2 heterocycles. The van der Waals surface area contributed by atoms with Gasteiger partial charge in [0.05, 0.1) is 7.11 Å². The first-order valence-corrected chi connectivity index (χ1v) is 8.27. The maximum atomic E-state index is 5.52. The Morgan fingerprint density at radius 1 is 1.38 bits per heavy atom. The Kier molecular flexibility index (Phi) is 4.51. The highest BCUT2D eigenvalue weighted by Crippen LogP contribution is 2.31. The second-order valence-corrected chi connectivity index (χ2v) is 7.02. The summed E-state index contributed by atoms with van der Waals surface area (Å²) in [4.78, 5) is 2.72. The fourth-order valence-electron chi connectivity index (χ4n) is 3.95. The number of para-hydroxylation sites is 1. The topological polar surface area (TPSA) is 24.5 Å². The van der Waals surface area contributed by atoms with Gasteiger partial charge in [-0.2, -0.15) is 0 Å². The Bertz CT molecular complexity index is 468. The lowest BCUT2D eigenvalue weighted by Gasteiger charge is -2.33. The van der Waals surface area contributed by atoms with E-state index in [9.17, 15) is 0 Å². The van der Waals surface area contributed by atoms with Crippen LogP contribution in [0.25, 0.3) is 0 Å². The van der Waals surface area contributed by atoms with Crippen LogP contribution in [0.3, 0.4) is 0 Å². The molecule has 1 N–H and O–H groups in total. The molecule has 0 saturated carbocycles. The van der Waals surface area contributed by atoms with Crippen molar-refractivity contribution in [2.75, 3.05) is 33.3 Å². The molecule has 0 radical (unpaired) electrons. The molecule has 2 aliphatic heterocycles. The Hall–Kier alpha value is -1.06. The minimum Gasteiger partial charge on any atom is -0.496 e. The standard InChI is InChI=1S/C18H28N2O/c1-18(9-10-19-13-18)14-20-11-5-7-16(20)12-15-6-3-4-8-17(15)21-2/h3-4,6,8,16,19H,5,7,9-14H2,1-2H3. The first kappa shape index (κ1) is 14.9. The van der Waals surface area contributed by atoms with Crippen molar-refractivity contribution >= 4 is 0 Å². The number of hydrogen-bond acceptors (Lipinski definition) is 3. The summed E-state index contributed by atoms with van der Waals surface area (Å²) in [5, 5.41) is 3.52. The summed E-state index contributed by atoms with van der Waals surface area (Å²) in [6.45, 7) is 7.28. The molecular weight excluding hydrogens is 260 g/mol. The van der Waals surface area contributed by atoms with Gasteiger partial charge in [-0.3, -0.25) is 4.90 Å². The summed E-state index contributed by atoms with van der Waals surface area (Å²) >= 11 is 0. The number of likely N-dealkylation sites (tertiary alicyclic amines) is 1. The zero-order valence-corrected chi connectivity index (χ0v) is 13.4. The minimum absolute atomic E-state index is 0.462. The highest BCUT2D eigenvalue weighted by atomic mass is 16.5. The van der Waals surface area contributed by atoms with Gasteiger partial charge >= 0.3 is 0 Å². The van der Waals surface area contributed by atoms with E-state index in [1.807, 2.05) is 0 Å². The molecule has 1 aromatic carbocycles. The van der Waals surface area contributed by atoms with Crippen molar-refractivity contribution in [2.45, 2.75) is 38.6 Å². The monoisotopic (exact) mass is 288 g/mol.